The van der Waals surface area contributed by atoms with Crippen molar-refractivity contribution in [3.63, 3.8) is 0 Å². The quantitative estimate of drug-likeness (QED) is 0.242. The summed E-state index contributed by atoms with van der Waals surface area (Å²) >= 11 is 3.41. The highest BCUT2D eigenvalue weighted by molar-refractivity contribution is 9.09. The molecule has 180 valence electrons. The molecule has 3 aromatic rings. The van der Waals surface area contributed by atoms with E-state index >= 15 is 0 Å². The molecule has 35 heavy (non-hydrogen) atoms. The van der Waals surface area contributed by atoms with Crippen LogP contribution in [0.1, 0.15) is 37.5 Å². The third-order valence-electron chi connectivity index (χ3n) is 5.38. The molecule has 1 fully saturated rings. The summed E-state index contributed by atoms with van der Waals surface area (Å²) in [5.74, 6) is -1.71. The van der Waals surface area contributed by atoms with E-state index in [9.17, 15) is 14.4 Å². The molecule has 0 radical (unpaired) electrons. The van der Waals surface area contributed by atoms with Crippen LogP contribution in [-0.4, -0.2) is 47.8 Å². The molecule has 1 heterocycles. The molecule has 1 aliphatic rings. The summed E-state index contributed by atoms with van der Waals surface area (Å²) in [6.07, 6.45) is -2.49. The lowest BCUT2D eigenvalue weighted by Gasteiger charge is -2.38. The van der Waals surface area contributed by atoms with E-state index in [0.29, 0.717) is 16.7 Å². The lowest BCUT2D eigenvalue weighted by atomic mass is 10.0. The van der Waals surface area contributed by atoms with Crippen molar-refractivity contribution in [2.24, 2.45) is 0 Å². The van der Waals surface area contributed by atoms with Crippen molar-refractivity contribution in [3.05, 3.63) is 108 Å². The molecule has 0 spiro atoms. The predicted octanol–water partition coefficient (Wildman–Crippen LogP) is 4.80. The first-order valence-electron chi connectivity index (χ1n) is 11.0. The Morgan fingerprint density at radius 2 is 1.17 bits per heavy atom. The molecular formula is C27H23BrO7. The summed E-state index contributed by atoms with van der Waals surface area (Å²) in [6, 6.07) is 25.5. The number of halogens is 1. The van der Waals surface area contributed by atoms with Crippen LogP contribution in [-0.2, 0) is 18.9 Å². The molecule has 7 nitrogen and oxygen atoms in total. The van der Waals surface area contributed by atoms with Crippen LogP contribution in [0.4, 0.5) is 0 Å². The van der Waals surface area contributed by atoms with E-state index in [-0.39, 0.29) is 13.0 Å². The maximum atomic E-state index is 12.9. The van der Waals surface area contributed by atoms with Crippen molar-refractivity contribution in [1.82, 2.24) is 0 Å². The highest BCUT2D eigenvalue weighted by Crippen LogP contribution is 2.30. The fourth-order valence-electron chi connectivity index (χ4n) is 3.64. The monoisotopic (exact) mass is 538 g/mol. The normalized spacial score (nSPS) is 21.5. The van der Waals surface area contributed by atoms with Crippen LogP contribution < -0.4 is 0 Å². The van der Waals surface area contributed by atoms with Crippen molar-refractivity contribution >= 4 is 33.8 Å². The van der Waals surface area contributed by atoms with Crippen LogP contribution in [0.5, 0.6) is 0 Å². The van der Waals surface area contributed by atoms with Gasteiger partial charge in [-0.05, 0) is 36.4 Å². The SMILES string of the molecule is O=C(OC[C@H]1O[C@H](Br)C[C@H](OC(=O)c2ccccc2)[C@H]1OC(=O)c1ccccc1)c1ccccc1. The molecule has 0 N–H and O–H groups in total. The predicted molar refractivity (Wildman–Crippen MR) is 130 cm³/mol. The van der Waals surface area contributed by atoms with E-state index in [1.54, 1.807) is 91.0 Å². The van der Waals surface area contributed by atoms with Crippen LogP contribution in [0.15, 0.2) is 91.0 Å². The molecule has 0 saturated carbocycles. The van der Waals surface area contributed by atoms with Gasteiger partial charge in [-0.25, -0.2) is 14.4 Å². The van der Waals surface area contributed by atoms with Crippen molar-refractivity contribution < 1.29 is 33.3 Å². The van der Waals surface area contributed by atoms with Gasteiger partial charge in [-0.1, -0.05) is 70.5 Å². The average Bonchev–Trinajstić information content (AvgIpc) is 2.90. The minimum Gasteiger partial charge on any atom is -0.459 e. The van der Waals surface area contributed by atoms with E-state index in [2.05, 4.69) is 15.9 Å². The Morgan fingerprint density at radius 1 is 0.714 bits per heavy atom. The zero-order valence-electron chi connectivity index (χ0n) is 18.6. The Kier molecular flexibility index (Phi) is 8.28. The van der Waals surface area contributed by atoms with Crippen LogP contribution in [0, 0.1) is 0 Å². The zero-order valence-corrected chi connectivity index (χ0v) is 20.2. The Balaban J connectivity index is 1.53. The molecule has 8 heteroatoms. The molecule has 1 saturated heterocycles. The minimum atomic E-state index is -1.01. The fraction of sp³-hybridized carbons (Fsp3) is 0.222. The van der Waals surface area contributed by atoms with Crippen molar-refractivity contribution in [2.45, 2.75) is 29.7 Å². The number of carbonyl (C=O) groups excluding carboxylic acids is 3. The minimum absolute atomic E-state index is 0.206. The average molecular weight is 539 g/mol. The first kappa shape index (κ1) is 24.6. The first-order chi connectivity index (χ1) is 17.0. The van der Waals surface area contributed by atoms with Gasteiger partial charge in [-0.2, -0.15) is 0 Å². The van der Waals surface area contributed by atoms with Gasteiger partial charge in [0.1, 0.15) is 23.8 Å². The molecule has 0 amide bonds. The van der Waals surface area contributed by atoms with Crippen molar-refractivity contribution in [1.29, 1.82) is 0 Å². The third-order valence-corrected chi connectivity index (χ3v) is 5.97. The number of hydrogen-bond donors (Lipinski definition) is 0. The van der Waals surface area contributed by atoms with Crippen molar-refractivity contribution in [3.8, 4) is 0 Å². The highest BCUT2D eigenvalue weighted by atomic mass is 79.9. The summed E-state index contributed by atoms with van der Waals surface area (Å²) < 4.78 is 22.9. The standard InChI is InChI=1S/C27H23BrO7/c28-23-16-21(34-26(30)19-12-6-2-7-13-19)24(35-27(31)20-14-8-3-9-15-20)22(33-23)17-32-25(29)18-10-4-1-5-11-18/h1-15,21-24H,16-17H2/t21-,22+,23-,24+/m0/s1. The number of alkyl halides is 1. The van der Waals surface area contributed by atoms with Gasteiger partial charge in [0.15, 0.2) is 6.10 Å². The summed E-state index contributed by atoms with van der Waals surface area (Å²) in [6.45, 7) is -0.206. The van der Waals surface area contributed by atoms with E-state index in [1.165, 1.54) is 0 Å². The van der Waals surface area contributed by atoms with Gasteiger partial charge in [-0.15, -0.1) is 0 Å². The molecular weight excluding hydrogens is 516 g/mol. The first-order valence-corrected chi connectivity index (χ1v) is 12.0. The van der Waals surface area contributed by atoms with Gasteiger partial charge in [0, 0.05) is 6.42 Å². The molecule has 0 bridgehead atoms. The van der Waals surface area contributed by atoms with Gasteiger partial charge < -0.3 is 18.9 Å². The van der Waals surface area contributed by atoms with Crippen LogP contribution in [0.25, 0.3) is 0 Å². The van der Waals surface area contributed by atoms with E-state index in [4.69, 9.17) is 18.9 Å². The second-order valence-electron chi connectivity index (χ2n) is 7.83. The fourth-order valence-corrected chi connectivity index (χ4v) is 4.29. The summed E-state index contributed by atoms with van der Waals surface area (Å²) in [7, 11) is 0. The number of benzene rings is 3. The lowest BCUT2D eigenvalue weighted by Crippen LogP contribution is -2.52. The molecule has 1 aliphatic heterocycles. The molecule has 3 aromatic carbocycles. The second-order valence-corrected chi connectivity index (χ2v) is 8.85. The Morgan fingerprint density at radius 3 is 1.69 bits per heavy atom. The third kappa shape index (κ3) is 6.55. The summed E-state index contributed by atoms with van der Waals surface area (Å²) in [5.41, 5.74) is 1.08. The molecule has 4 atom stereocenters. The van der Waals surface area contributed by atoms with Gasteiger partial charge in [0.25, 0.3) is 0 Å². The van der Waals surface area contributed by atoms with Crippen molar-refractivity contribution in [2.75, 3.05) is 6.61 Å². The lowest BCUT2D eigenvalue weighted by molar-refractivity contribution is -0.160. The van der Waals surface area contributed by atoms with Crippen LogP contribution in [0.3, 0.4) is 0 Å². The van der Waals surface area contributed by atoms with Gasteiger partial charge >= 0.3 is 17.9 Å². The topological polar surface area (TPSA) is 88.1 Å². The maximum Gasteiger partial charge on any atom is 0.338 e. The second kappa shape index (κ2) is 11.8. The van der Waals surface area contributed by atoms with Crippen LogP contribution in [0.2, 0.25) is 0 Å². The number of rotatable bonds is 7. The van der Waals surface area contributed by atoms with E-state index < -0.39 is 41.2 Å². The zero-order chi connectivity index (χ0) is 24.6. The summed E-state index contributed by atoms with van der Waals surface area (Å²) in [5, 5.41) is -0.511. The Hall–Kier alpha value is -3.49. The number of esters is 3. The Bertz CT molecular complexity index is 1140. The summed E-state index contributed by atoms with van der Waals surface area (Å²) in [4.78, 5) is 38.1. The number of hydrogen-bond acceptors (Lipinski definition) is 7. The molecule has 4 rings (SSSR count). The van der Waals surface area contributed by atoms with E-state index in [0.717, 1.165) is 0 Å². The van der Waals surface area contributed by atoms with Crippen LogP contribution >= 0.6 is 15.9 Å². The van der Waals surface area contributed by atoms with Gasteiger partial charge in [-0.3, -0.25) is 0 Å². The van der Waals surface area contributed by atoms with Gasteiger partial charge in [0.2, 0.25) is 0 Å². The largest absolute Gasteiger partial charge is 0.459 e. The van der Waals surface area contributed by atoms with E-state index in [1.807, 2.05) is 0 Å². The molecule has 0 aromatic heterocycles. The highest BCUT2D eigenvalue weighted by Gasteiger charge is 2.44. The van der Waals surface area contributed by atoms with Gasteiger partial charge in [0.05, 0.1) is 16.7 Å². The maximum absolute atomic E-state index is 12.9. The smallest absolute Gasteiger partial charge is 0.338 e. The molecule has 0 aliphatic carbocycles. The number of carbonyl (C=O) groups is 3. The Labute approximate surface area is 211 Å². The number of ether oxygens (including phenoxy) is 4. The molecule has 0 unspecified atom stereocenters.